The fourth-order valence-corrected chi connectivity index (χ4v) is 3.00. The highest BCUT2D eigenvalue weighted by Gasteiger charge is 2.06. The second kappa shape index (κ2) is 23.6. The van der Waals surface area contributed by atoms with E-state index >= 15 is 0 Å². The third kappa shape index (κ3) is 13.8. The van der Waals surface area contributed by atoms with Crippen molar-refractivity contribution >= 4 is 28.2 Å². The Labute approximate surface area is 215 Å². The van der Waals surface area contributed by atoms with Crippen LogP contribution in [0.5, 0.6) is 0 Å². The van der Waals surface area contributed by atoms with Crippen LogP contribution in [-0.4, -0.2) is 17.0 Å². The molecule has 190 valence electrons. The molecule has 0 saturated carbocycles. The van der Waals surface area contributed by atoms with Gasteiger partial charge >= 0.3 is 0 Å². The van der Waals surface area contributed by atoms with Crippen LogP contribution in [0.4, 0.5) is 5.69 Å². The summed E-state index contributed by atoms with van der Waals surface area (Å²) in [4.78, 5) is 4.48. The zero-order valence-corrected chi connectivity index (χ0v) is 24.7. The van der Waals surface area contributed by atoms with Gasteiger partial charge in [-0.25, -0.2) is 10.0 Å². The smallest absolute Gasteiger partial charge is 0.103 e. The number of aliphatic imine (C=N–C) groups is 1. The second-order valence-electron chi connectivity index (χ2n) is 5.98. The Bertz CT molecular complexity index is 832. The van der Waals surface area contributed by atoms with Gasteiger partial charge in [0.2, 0.25) is 0 Å². The first kappa shape index (κ1) is 36.0. The number of rotatable bonds is 6. The van der Waals surface area contributed by atoms with Crippen LogP contribution in [0.1, 0.15) is 85.9 Å². The minimum atomic E-state index is 0.802. The lowest BCUT2D eigenvalue weighted by Gasteiger charge is -2.16. The van der Waals surface area contributed by atoms with E-state index in [0.717, 1.165) is 33.3 Å². The van der Waals surface area contributed by atoms with Gasteiger partial charge in [-0.05, 0) is 44.7 Å². The van der Waals surface area contributed by atoms with Crippen molar-refractivity contribution in [3.63, 3.8) is 0 Å². The van der Waals surface area contributed by atoms with Gasteiger partial charge in [-0.1, -0.05) is 111 Å². The van der Waals surface area contributed by atoms with E-state index in [1.54, 1.807) is 23.0 Å². The van der Waals surface area contributed by atoms with Gasteiger partial charge in [0.05, 0.1) is 11.4 Å². The van der Waals surface area contributed by atoms with Gasteiger partial charge in [0.1, 0.15) is 5.04 Å². The molecule has 0 atom stereocenters. The molecule has 0 N–H and O–H groups in total. The molecule has 2 aromatic rings. The fourth-order valence-electron chi connectivity index (χ4n) is 2.38. The number of allylic oxidation sites excluding steroid dienone is 1. The molecule has 34 heavy (non-hydrogen) atoms. The van der Waals surface area contributed by atoms with Crippen LogP contribution in [0.2, 0.25) is 0 Å². The Balaban J connectivity index is -0.00000108. The van der Waals surface area contributed by atoms with Crippen LogP contribution in [0.15, 0.2) is 83.7 Å². The summed E-state index contributed by atoms with van der Waals surface area (Å²) in [5, 5.41) is 7.44. The molecule has 0 fully saturated rings. The first-order valence-corrected chi connectivity index (χ1v) is 13.6. The summed E-state index contributed by atoms with van der Waals surface area (Å²) in [5.41, 5.74) is 6.06. The molecule has 4 heteroatoms. The molecule has 0 amide bonds. The number of aryl methyl sites for hydroxylation is 1. The molecule has 2 aromatic carbocycles. The zero-order valence-electron chi connectivity index (χ0n) is 23.9. The van der Waals surface area contributed by atoms with E-state index < -0.39 is 0 Å². The molecule has 3 nitrogen and oxygen atoms in total. The SMILES string of the molecule is C=CN(/N=C(\C)c1ccc(C(=NC(=C)C)SC)cc1)c1ccc(C)cc1.CC.CC.CC.CC. The van der Waals surface area contributed by atoms with E-state index in [9.17, 15) is 0 Å². The maximum Gasteiger partial charge on any atom is 0.103 e. The Hall–Kier alpha value is -2.59. The van der Waals surface area contributed by atoms with Gasteiger partial charge < -0.3 is 0 Å². The molecule has 0 radical (unpaired) electrons. The van der Waals surface area contributed by atoms with Crippen molar-refractivity contribution in [1.82, 2.24) is 0 Å². The van der Waals surface area contributed by atoms with Gasteiger partial charge in [-0.2, -0.15) is 5.10 Å². The lowest BCUT2D eigenvalue weighted by molar-refractivity contribution is 1.07. The predicted molar refractivity (Wildman–Crippen MR) is 163 cm³/mol. The van der Waals surface area contributed by atoms with Crippen LogP contribution >= 0.6 is 11.8 Å². The lowest BCUT2D eigenvalue weighted by atomic mass is 10.1. The molecule has 0 unspecified atom stereocenters. The van der Waals surface area contributed by atoms with Gasteiger partial charge in [0.15, 0.2) is 0 Å². The Kier molecular flexibility index (Phi) is 24.9. The van der Waals surface area contributed by atoms with Gasteiger partial charge in [-0.15, -0.1) is 11.8 Å². The molecule has 0 aliphatic heterocycles. The molecule has 0 spiro atoms. The lowest BCUT2D eigenvalue weighted by Crippen LogP contribution is -2.11. The van der Waals surface area contributed by atoms with Crippen LogP contribution < -0.4 is 5.01 Å². The van der Waals surface area contributed by atoms with E-state index in [4.69, 9.17) is 5.10 Å². The number of nitrogens with zero attached hydrogens (tertiary/aromatic N) is 3. The van der Waals surface area contributed by atoms with E-state index in [1.807, 2.05) is 87.6 Å². The normalized spacial score (nSPS) is 9.88. The van der Waals surface area contributed by atoms with E-state index in [1.165, 1.54) is 5.56 Å². The van der Waals surface area contributed by atoms with Crippen LogP contribution in [0, 0.1) is 6.92 Å². The zero-order chi connectivity index (χ0) is 27.1. The minimum Gasteiger partial charge on any atom is -0.247 e. The topological polar surface area (TPSA) is 28.0 Å². The summed E-state index contributed by atoms with van der Waals surface area (Å²) in [6.07, 6.45) is 3.74. The highest BCUT2D eigenvalue weighted by atomic mass is 32.2. The number of anilines is 1. The maximum atomic E-state index is 4.69. The number of benzene rings is 2. The molecule has 0 heterocycles. The quantitative estimate of drug-likeness (QED) is 0.232. The largest absolute Gasteiger partial charge is 0.247 e. The first-order valence-electron chi connectivity index (χ1n) is 12.4. The average Bonchev–Trinajstić information content (AvgIpc) is 2.91. The summed E-state index contributed by atoms with van der Waals surface area (Å²) >= 11 is 1.62. The minimum absolute atomic E-state index is 0.802. The maximum absolute atomic E-state index is 4.69. The molecule has 0 saturated heterocycles. The van der Waals surface area contributed by atoms with Crippen molar-refractivity contribution in [3.8, 4) is 0 Å². The van der Waals surface area contributed by atoms with Gasteiger partial charge in [0.25, 0.3) is 0 Å². The summed E-state index contributed by atoms with van der Waals surface area (Å²) in [5.74, 6) is 0. The molecule has 0 aliphatic carbocycles. The first-order chi connectivity index (χ1) is 16.4. The van der Waals surface area contributed by atoms with E-state index in [-0.39, 0.29) is 0 Å². The molecule has 0 aliphatic rings. The highest BCUT2D eigenvalue weighted by Crippen LogP contribution is 2.18. The number of hydrogen-bond donors (Lipinski definition) is 0. The third-order valence-electron chi connectivity index (χ3n) is 3.76. The molecule has 0 aromatic heterocycles. The van der Waals surface area contributed by atoms with Gasteiger partial charge in [0, 0.05) is 17.5 Å². The Morgan fingerprint density at radius 3 is 1.62 bits per heavy atom. The van der Waals surface area contributed by atoms with E-state index in [2.05, 4.69) is 61.5 Å². The van der Waals surface area contributed by atoms with Crippen LogP contribution in [0.3, 0.4) is 0 Å². The summed E-state index contributed by atoms with van der Waals surface area (Å²) in [7, 11) is 0. The third-order valence-corrected chi connectivity index (χ3v) is 4.48. The van der Waals surface area contributed by atoms with Crippen molar-refractivity contribution in [1.29, 1.82) is 0 Å². The highest BCUT2D eigenvalue weighted by molar-refractivity contribution is 8.13. The standard InChI is InChI=1S/C22H25N3S.4C2H6/c1-7-25(21-14-8-17(4)9-15-21)24-18(5)19-10-12-20(13-11-19)22(26-6)23-16(2)3;4*1-2/h7-15H,1-2H2,3-6H3;4*1-2H3/b23-22?,24-18+;;;;. The predicted octanol–water partition coefficient (Wildman–Crippen LogP) is 10.1. The second-order valence-corrected chi connectivity index (χ2v) is 6.78. The molecular formula is C30H49N3S. The van der Waals surface area contributed by atoms with Crippen molar-refractivity contribution < 1.29 is 0 Å². The Morgan fingerprint density at radius 1 is 0.794 bits per heavy atom. The molecular weight excluding hydrogens is 434 g/mol. The van der Waals surface area contributed by atoms with Crippen molar-refractivity contribution in [2.45, 2.75) is 76.2 Å². The number of hydrazone groups is 1. The van der Waals surface area contributed by atoms with Crippen LogP contribution in [-0.2, 0) is 0 Å². The van der Waals surface area contributed by atoms with E-state index in [0.29, 0.717) is 0 Å². The van der Waals surface area contributed by atoms with Crippen molar-refractivity contribution in [3.05, 3.63) is 90.3 Å². The van der Waals surface area contributed by atoms with Crippen molar-refractivity contribution in [2.24, 2.45) is 10.1 Å². The van der Waals surface area contributed by atoms with Crippen LogP contribution in [0.25, 0.3) is 0 Å². The Morgan fingerprint density at radius 2 is 1.24 bits per heavy atom. The summed E-state index contributed by atoms with van der Waals surface area (Å²) in [6, 6.07) is 16.5. The summed E-state index contributed by atoms with van der Waals surface area (Å²) < 4.78 is 0. The average molecular weight is 484 g/mol. The van der Waals surface area contributed by atoms with Crippen molar-refractivity contribution in [2.75, 3.05) is 11.3 Å². The molecule has 0 bridgehead atoms. The monoisotopic (exact) mass is 483 g/mol. The fraction of sp³-hybridized carbons (Fsp3) is 0.400. The number of hydrogen-bond acceptors (Lipinski definition) is 4. The van der Waals surface area contributed by atoms with Gasteiger partial charge in [-0.3, -0.25) is 0 Å². The molecule has 2 rings (SSSR count). The summed E-state index contributed by atoms with van der Waals surface area (Å²) in [6.45, 7) is 29.7. The number of thioether (sulfide) groups is 1.